The van der Waals surface area contributed by atoms with Crippen molar-refractivity contribution < 1.29 is 45.5 Å². The van der Waals surface area contributed by atoms with Crippen molar-refractivity contribution in [3.63, 3.8) is 0 Å². The molecule has 18 heteroatoms. The van der Waals surface area contributed by atoms with E-state index in [0.717, 1.165) is 0 Å². The molecule has 324 valence electrons. The highest BCUT2D eigenvalue weighted by atomic mass is 19.2. The van der Waals surface area contributed by atoms with Gasteiger partial charge in [0.2, 0.25) is 23.6 Å². The lowest BCUT2D eigenvalue weighted by Crippen LogP contribution is -2.50. The normalized spacial score (nSPS) is 20.6. The average Bonchev–Trinajstić information content (AvgIpc) is 3.46. The van der Waals surface area contributed by atoms with Crippen molar-refractivity contribution in [2.45, 2.75) is 94.5 Å². The summed E-state index contributed by atoms with van der Waals surface area (Å²) in [6, 6.07) is 7.37. The van der Waals surface area contributed by atoms with Crippen LogP contribution in [0.2, 0.25) is 0 Å². The van der Waals surface area contributed by atoms with Crippen LogP contribution in [0.1, 0.15) is 66.9 Å². The molecule has 2 aromatic heterocycles. The summed E-state index contributed by atoms with van der Waals surface area (Å²) < 4.78 is 83.5. The molecule has 2 aliphatic heterocycles. The first-order valence-electron chi connectivity index (χ1n) is 19.9. The van der Waals surface area contributed by atoms with Crippen LogP contribution < -0.4 is 22.1 Å². The van der Waals surface area contributed by atoms with E-state index in [1.165, 1.54) is 9.80 Å². The highest BCUT2D eigenvalue weighted by Crippen LogP contribution is 2.25. The molecule has 0 radical (unpaired) electrons. The maximum Gasteiger partial charge on any atom is 0.243 e. The third-order valence-corrected chi connectivity index (χ3v) is 10.9. The summed E-state index contributed by atoms with van der Waals surface area (Å²) in [5.41, 5.74) is 13.4. The number of nitrogens with one attached hydrogen (secondary N) is 2. The minimum atomic E-state index is -1.35. The van der Waals surface area contributed by atoms with E-state index in [4.69, 9.17) is 16.5 Å². The number of carbonyl (C=O) groups is 4. The van der Waals surface area contributed by atoms with Crippen LogP contribution in [0.15, 0.2) is 66.9 Å². The van der Waals surface area contributed by atoms with Gasteiger partial charge in [0.15, 0.2) is 23.3 Å². The van der Waals surface area contributed by atoms with Crippen LogP contribution in [0.25, 0.3) is 0 Å². The summed E-state index contributed by atoms with van der Waals surface area (Å²) in [7, 11) is 0. The molecular formula is C43H46F6N8O4. The fraction of sp³-hybridized carbons (Fsp3) is 0.395. The van der Waals surface area contributed by atoms with Gasteiger partial charge in [0.05, 0.1) is 11.7 Å². The monoisotopic (exact) mass is 852 g/mol. The Morgan fingerprint density at radius 1 is 0.689 bits per heavy atom. The number of hydrogen-bond donors (Lipinski definition) is 4. The number of nitrogens with two attached hydrogens (primary N) is 2. The van der Waals surface area contributed by atoms with Crippen molar-refractivity contribution in [1.29, 1.82) is 0 Å². The van der Waals surface area contributed by atoms with Gasteiger partial charge in [0.1, 0.15) is 23.7 Å². The zero-order valence-corrected chi connectivity index (χ0v) is 33.2. The molecule has 0 bridgehead atoms. The van der Waals surface area contributed by atoms with Crippen LogP contribution in [-0.4, -0.2) is 86.7 Å². The van der Waals surface area contributed by atoms with E-state index < -0.39 is 88.7 Å². The zero-order chi connectivity index (χ0) is 44.0. The van der Waals surface area contributed by atoms with Gasteiger partial charge < -0.3 is 31.9 Å². The van der Waals surface area contributed by atoms with Gasteiger partial charge in [0.25, 0.3) is 0 Å². The Bertz CT molecular complexity index is 2250. The first-order valence-corrected chi connectivity index (χ1v) is 19.9. The minimum absolute atomic E-state index is 0.0325. The van der Waals surface area contributed by atoms with E-state index in [9.17, 15) is 45.5 Å². The van der Waals surface area contributed by atoms with Gasteiger partial charge in [-0.1, -0.05) is 12.1 Å². The number of hydrogen-bond acceptors (Lipinski definition) is 8. The molecule has 2 aromatic carbocycles. The smallest absolute Gasteiger partial charge is 0.243 e. The lowest BCUT2D eigenvalue weighted by molar-refractivity contribution is -0.139. The number of nitrogens with zero attached hydrogens (tertiary/aromatic N) is 4. The summed E-state index contributed by atoms with van der Waals surface area (Å²) in [6.07, 6.45) is 0.987. The number of rotatable bonds is 13. The Morgan fingerprint density at radius 3 is 1.75 bits per heavy atom. The molecule has 0 aliphatic carbocycles. The van der Waals surface area contributed by atoms with Crippen molar-refractivity contribution in [2.24, 2.45) is 11.5 Å². The van der Waals surface area contributed by atoms with Crippen LogP contribution in [-0.2, 0) is 44.9 Å². The highest BCUT2D eigenvalue weighted by molar-refractivity contribution is 5.89. The topological polar surface area (TPSA) is 177 Å². The molecule has 6 atom stereocenters. The summed E-state index contributed by atoms with van der Waals surface area (Å²) >= 11 is 0. The van der Waals surface area contributed by atoms with Crippen molar-refractivity contribution in [3.8, 4) is 0 Å². The summed E-state index contributed by atoms with van der Waals surface area (Å²) in [5.74, 6) is -9.20. The SMILES string of the molecule is C[C@@H]1CCN(C(=O)C[C@H](N)Cc2cc(F)c(F)cc2F)[C@H](Cc2cccc([C@@H]3CCN(C(=O)C[C@H](N)Cc4cc(F)c(F)cc4F)C(Cc4ccccn4)C(=O)N3)n2)C(=O)N1. The van der Waals surface area contributed by atoms with Crippen LogP contribution >= 0.6 is 0 Å². The van der Waals surface area contributed by atoms with E-state index in [1.54, 1.807) is 49.5 Å². The molecule has 0 saturated carbocycles. The van der Waals surface area contributed by atoms with Gasteiger partial charge >= 0.3 is 0 Å². The molecule has 2 aliphatic rings. The first kappa shape index (κ1) is 44.7. The number of halogens is 6. The second-order valence-electron chi connectivity index (χ2n) is 15.6. The zero-order valence-electron chi connectivity index (χ0n) is 33.2. The fourth-order valence-corrected chi connectivity index (χ4v) is 7.73. The molecule has 6 N–H and O–H groups in total. The lowest BCUT2D eigenvalue weighted by Gasteiger charge is -2.29. The third-order valence-electron chi connectivity index (χ3n) is 10.9. The number of carbonyl (C=O) groups excluding carboxylic acids is 4. The maximum atomic E-state index is 14.4. The van der Waals surface area contributed by atoms with Crippen molar-refractivity contribution in [3.05, 3.63) is 130 Å². The molecule has 2 fully saturated rings. The molecule has 4 aromatic rings. The highest BCUT2D eigenvalue weighted by Gasteiger charge is 2.38. The number of aromatic nitrogens is 2. The first-order chi connectivity index (χ1) is 29.1. The van der Waals surface area contributed by atoms with Gasteiger partial charge in [-0.05, 0) is 80.1 Å². The number of benzene rings is 2. The third kappa shape index (κ3) is 11.3. The lowest BCUT2D eigenvalue weighted by atomic mass is 10.0. The van der Waals surface area contributed by atoms with Crippen LogP contribution in [0.3, 0.4) is 0 Å². The minimum Gasteiger partial charge on any atom is -0.352 e. The van der Waals surface area contributed by atoms with Crippen molar-refractivity contribution in [1.82, 2.24) is 30.4 Å². The summed E-state index contributed by atoms with van der Waals surface area (Å²) in [4.78, 5) is 67.1. The predicted octanol–water partition coefficient (Wildman–Crippen LogP) is 3.88. The Balaban J connectivity index is 1.18. The van der Waals surface area contributed by atoms with Crippen LogP contribution in [0.4, 0.5) is 26.3 Å². The summed E-state index contributed by atoms with van der Waals surface area (Å²) in [6.45, 7) is 2.02. The molecule has 12 nitrogen and oxygen atoms in total. The molecule has 6 rings (SSSR count). The van der Waals surface area contributed by atoms with Crippen molar-refractivity contribution >= 4 is 23.6 Å². The Morgan fingerprint density at radius 2 is 1.20 bits per heavy atom. The van der Waals surface area contributed by atoms with E-state index >= 15 is 0 Å². The summed E-state index contributed by atoms with van der Waals surface area (Å²) in [5, 5.41) is 5.89. The standard InChI is InChI=1S/C43H46F6N8O4/c1-23-8-11-56(40(58)17-26(50)13-24-15-32(46)34(48)21-30(24)44)39(42(60)53-23)20-29-6-4-7-36(54-29)37-9-12-57(38(43(61)55-37)19-28-5-2-3-10-52-28)41(59)18-27(51)14-25-16-33(47)35(49)22-31(25)45/h2-7,10,15-16,21-23,26-27,37-39H,8-9,11-14,17-20,50-51H2,1H3,(H,53,60)(H,55,61)/t23-,26-,27-,37+,38?,39-/m1/s1. The largest absolute Gasteiger partial charge is 0.352 e. The molecule has 61 heavy (non-hydrogen) atoms. The molecule has 0 spiro atoms. The molecule has 2 saturated heterocycles. The number of pyridine rings is 2. The average molecular weight is 853 g/mol. The van der Waals surface area contributed by atoms with E-state index in [2.05, 4.69) is 15.6 Å². The van der Waals surface area contributed by atoms with Crippen molar-refractivity contribution in [2.75, 3.05) is 13.1 Å². The van der Waals surface area contributed by atoms with Gasteiger partial charge in [-0.3, -0.25) is 29.1 Å². The Kier molecular flexibility index (Phi) is 14.4. The van der Waals surface area contributed by atoms with Gasteiger partial charge in [0, 0.05) is 86.6 Å². The maximum absolute atomic E-state index is 14.4. The predicted molar refractivity (Wildman–Crippen MR) is 210 cm³/mol. The van der Waals surface area contributed by atoms with Crippen LogP contribution in [0, 0.1) is 34.9 Å². The number of amides is 4. The van der Waals surface area contributed by atoms with Crippen LogP contribution in [0.5, 0.6) is 0 Å². The molecule has 4 amide bonds. The second kappa shape index (κ2) is 19.7. The van der Waals surface area contributed by atoms with E-state index in [-0.39, 0.29) is 75.2 Å². The quantitative estimate of drug-likeness (QED) is 0.116. The Labute approximate surface area is 348 Å². The van der Waals surface area contributed by atoms with E-state index in [0.29, 0.717) is 47.8 Å². The second-order valence-corrected chi connectivity index (χ2v) is 15.6. The molecule has 1 unspecified atom stereocenters. The van der Waals surface area contributed by atoms with Gasteiger partial charge in [-0.15, -0.1) is 0 Å². The molecule has 4 heterocycles. The molecular weight excluding hydrogens is 807 g/mol. The Hall–Kier alpha value is -5.88. The van der Waals surface area contributed by atoms with Gasteiger partial charge in [-0.2, -0.15) is 0 Å². The van der Waals surface area contributed by atoms with E-state index in [1.807, 2.05) is 0 Å². The van der Waals surface area contributed by atoms with Gasteiger partial charge in [-0.25, -0.2) is 26.3 Å². The fourth-order valence-electron chi connectivity index (χ4n) is 7.73.